The second-order valence-corrected chi connectivity index (χ2v) is 9.57. The summed E-state index contributed by atoms with van der Waals surface area (Å²) in [7, 11) is 0. The lowest BCUT2D eigenvalue weighted by molar-refractivity contribution is -0.137. The Morgan fingerprint density at radius 2 is 1.77 bits per heavy atom. The number of benzene rings is 2. The minimum atomic E-state index is -0.338. The van der Waals surface area contributed by atoms with Crippen LogP contribution in [0.3, 0.4) is 0 Å². The fourth-order valence-corrected chi connectivity index (χ4v) is 4.21. The third kappa shape index (κ3) is 10.5. The lowest BCUT2D eigenvalue weighted by atomic mass is 9.97. The van der Waals surface area contributed by atoms with Gasteiger partial charge in [-0.3, -0.25) is 0 Å². The second-order valence-electron chi connectivity index (χ2n) is 8.65. The van der Waals surface area contributed by atoms with Crippen molar-refractivity contribution < 1.29 is 23.7 Å². The number of allylic oxidation sites excluding steroid dienone is 2. The van der Waals surface area contributed by atoms with Gasteiger partial charge in [0.1, 0.15) is 0 Å². The van der Waals surface area contributed by atoms with E-state index in [1.807, 2.05) is 37.3 Å². The summed E-state index contributed by atoms with van der Waals surface area (Å²) in [5, 5.41) is 0. The van der Waals surface area contributed by atoms with E-state index in [9.17, 15) is 4.79 Å². The van der Waals surface area contributed by atoms with Crippen LogP contribution in [-0.2, 0) is 37.0 Å². The van der Waals surface area contributed by atoms with Crippen LogP contribution in [0.25, 0.3) is 0 Å². The third-order valence-electron chi connectivity index (χ3n) is 5.70. The van der Waals surface area contributed by atoms with E-state index < -0.39 is 0 Å². The van der Waals surface area contributed by atoms with Crippen molar-refractivity contribution in [1.29, 1.82) is 0 Å². The molecule has 1 saturated heterocycles. The summed E-state index contributed by atoms with van der Waals surface area (Å²) >= 11 is 3.46. The standard InChI is InChI=1S/C29H35BrO5/c1-3-33-29(31)14-9-22(2)17-28-19-27(34-21-23-7-5-4-6-8-23)18-26(35-28)15-16-32-20-24-10-12-25(30)13-11-24/h4-14,17,26-28H,3,15-16,18-21H2,1-2H3/b14-9+,22-17+/t26-,27-,28+/m0/s1. The van der Waals surface area contributed by atoms with Crippen molar-refractivity contribution in [2.45, 2.75) is 64.6 Å². The normalized spacial score (nSPS) is 20.8. The molecule has 1 heterocycles. The number of carbonyl (C=O) groups is 1. The molecule has 0 unspecified atom stereocenters. The molecule has 0 N–H and O–H groups in total. The third-order valence-corrected chi connectivity index (χ3v) is 6.23. The minimum Gasteiger partial charge on any atom is -0.463 e. The summed E-state index contributed by atoms with van der Waals surface area (Å²) < 4.78 is 24.6. The molecule has 6 heteroatoms. The molecular formula is C29H35BrO5. The van der Waals surface area contributed by atoms with Crippen LogP contribution < -0.4 is 0 Å². The molecule has 0 bridgehead atoms. The Bertz CT molecular complexity index is 955. The summed E-state index contributed by atoms with van der Waals surface area (Å²) in [5.41, 5.74) is 3.26. The number of halogens is 1. The molecule has 3 rings (SSSR count). The predicted molar refractivity (Wildman–Crippen MR) is 141 cm³/mol. The van der Waals surface area contributed by atoms with Gasteiger partial charge in [-0.05, 0) is 43.5 Å². The quantitative estimate of drug-likeness (QED) is 0.132. The zero-order valence-electron chi connectivity index (χ0n) is 20.5. The lowest BCUT2D eigenvalue weighted by Gasteiger charge is -2.34. The summed E-state index contributed by atoms with van der Waals surface area (Å²) in [4.78, 5) is 11.6. The summed E-state index contributed by atoms with van der Waals surface area (Å²) in [6.45, 7) is 5.89. The van der Waals surface area contributed by atoms with Crippen molar-refractivity contribution >= 4 is 21.9 Å². The summed E-state index contributed by atoms with van der Waals surface area (Å²) in [6, 6.07) is 18.4. The van der Waals surface area contributed by atoms with E-state index in [1.54, 1.807) is 13.0 Å². The maximum Gasteiger partial charge on any atom is 0.330 e. The molecule has 2 aromatic rings. The van der Waals surface area contributed by atoms with Crippen LogP contribution in [0.5, 0.6) is 0 Å². The van der Waals surface area contributed by atoms with Gasteiger partial charge in [0.2, 0.25) is 0 Å². The SMILES string of the molecule is CCOC(=O)/C=C/C(C)=C/[C@@H]1C[C@@H](OCc2ccccc2)C[C@H](CCOCc2ccc(Br)cc2)O1. The molecule has 0 spiro atoms. The maximum absolute atomic E-state index is 11.6. The van der Waals surface area contributed by atoms with E-state index in [0.29, 0.717) is 26.4 Å². The van der Waals surface area contributed by atoms with Gasteiger partial charge in [0.15, 0.2) is 0 Å². The molecule has 0 aliphatic carbocycles. The van der Waals surface area contributed by atoms with E-state index in [0.717, 1.165) is 40.4 Å². The predicted octanol–water partition coefficient (Wildman–Crippen LogP) is 6.55. The van der Waals surface area contributed by atoms with Gasteiger partial charge in [0, 0.05) is 30.0 Å². The molecule has 188 valence electrons. The number of hydrogen-bond acceptors (Lipinski definition) is 5. The van der Waals surface area contributed by atoms with E-state index in [-0.39, 0.29) is 24.3 Å². The van der Waals surface area contributed by atoms with Gasteiger partial charge in [-0.2, -0.15) is 0 Å². The van der Waals surface area contributed by atoms with Gasteiger partial charge >= 0.3 is 5.97 Å². The van der Waals surface area contributed by atoms with Crippen LogP contribution in [0.4, 0.5) is 0 Å². The Balaban J connectivity index is 1.56. The van der Waals surface area contributed by atoms with Gasteiger partial charge in [-0.1, -0.05) is 76.1 Å². The molecule has 35 heavy (non-hydrogen) atoms. The molecule has 2 aromatic carbocycles. The monoisotopic (exact) mass is 542 g/mol. The first kappa shape index (κ1) is 27.3. The fraction of sp³-hybridized carbons (Fsp3) is 0.414. The largest absolute Gasteiger partial charge is 0.463 e. The molecule has 0 saturated carbocycles. The van der Waals surface area contributed by atoms with Crippen LogP contribution in [0.1, 0.15) is 44.2 Å². The summed E-state index contributed by atoms with van der Waals surface area (Å²) in [5.74, 6) is -0.338. The Hall–Kier alpha value is -2.25. The van der Waals surface area contributed by atoms with Crippen LogP contribution >= 0.6 is 15.9 Å². The molecule has 0 amide bonds. The van der Waals surface area contributed by atoms with E-state index in [2.05, 4.69) is 46.3 Å². The molecular weight excluding hydrogens is 508 g/mol. The van der Waals surface area contributed by atoms with E-state index >= 15 is 0 Å². The Kier molecular flexibility index (Phi) is 11.7. The van der Waals surface area contributed by atoms with Crippen LogP contribution in [0, 0.1) is 0 Å². The first-order chi connectivity index (χ1) is 17.0. The molecule has 1 aliphatic heterocycles. The van der Waals surface area contributed by atoms with Crippen molar-refractivity contribution in [3.8, 4) is 0 Å². The average Bonchev–Trinajstić information content (AvgIpc) is 2.86. The Morgan fingerprint density at radius 1 is 1.03 bits per heavy atom. The van der Waals surface area contributed by atoms with Gasteiger partial charge in [0.25, 0.3) is 0 Å². The first-order valence-corrected chi connectivity index (χ1v) is 13.0. The second kappa shape index (κ2) is 15.0. The molecule has 5 nitrogen and oxygen atoms in total. The highest BCUT2D eigenvalue weighted by Gasteiger charge is 2.29. The highest BCUT2D eigenvalue weighted by Crippen LogP contribution is 2.27. The van der Waals surface area contributed by atoms with E-state index in [4.69, 9.17) is 18.9 Å². The molecule has 1 fully saturated rings. The number of ether oxygens (including phenoxy) is 4. The molecule has 1 aliphatic rings. The Morgan fingerprint density at radius 3 is 2.51 bits per heavy atom. The van der Waals surface area contributed by atoms with Gasteiger partial charge in [0.05, 0.1) is 38.1 Å². The van der Waals surface area contributed by atoms with Crippen LogP contribution in [0.2, 0.25) is 0 Å². The topological polar surface area (TPSA) is 54.0 Å². The number of carbonyl (C=O) groups excluding carboxylic acids is 1. The highest BCUT2D eigenvalue weighted by atomic mass is 79.9. The number of esters is 1. The van der Waals surface area contributed by atoms with Crippen molar-refractivity contribution in [3.63, 3.8) is 0 Å². The minimum absolute atomic E-state index is 0.0394. The van der Waals surface area contributed by atoms with Crippen molar-refractivity contribution in [3.05, 3.63) is 94.0 Å². The van der Waals surface area contributed by atoms with Crippen molar-refractivity contribution in [1.82, 2.24) is 0 Å². The first-order valence-electron chi connectivity index (χ1n) is 12.2. The summed E-state index contributed by atoms with van der Waals surface area (Å²) in [6.07, 6.45) is 7.72. The molecule has 0 aromatic heterocycles. The van der Waals surface area contributed by atoms with Gasteiger partial charge < -0.3 is 18.9 Å². The van der Waals surface area contributed by atoms with Crippen molar-refractivity contribution in [2.75, 3.05) is 13.2 Å². The smallest absolute Gasteiger partial charge is 0.330 e. The zero-order chi connectivity index (χ0) is 24.9. The number of rotatable bonds is 12. The van der Waals surface area contributed by atoms with Gasteiger partial charge in [-0.25, -0.2) is 4.79 Å². The Labute approximate surface area is 217 Å². The highest BCUT2D eigenvalue weighted by molar-refractivity contribution is 9.10. The van der Waals surface area contributed by atoms with Crippen molar-refractivity contribution in [2.24, 2.45) is 0 Å². The zero-order valence-corrected chi connectivity index (χ0v) is 22.1. The van der Waals surface area contributed by atoms with Crippen LogP contribution in [-0.4, -0.2) is 37.5 Å². The van der Waals surface area contributed by atoms with Gasteiger partial charge in [-0.15, -0.1) is 0 Å². The average molecular weight is 543 g/mol. The number of hydrogen-bond donors (Lipinski definition) is 0. The van der Waals surface area contributed by atoms with E-state index in [1.165, 1.54) is 6.08 Å². The maximum atomic E-state index is 11.6. The fourth-order valence-electron chi connectivity index (χ4n) is 3.95. The lowest BCUT2D eigenvalue weighted by Crippen LogP contribution is -2.37. The molecule has 3 atom stereocenters. The van der Waals surface area contributed by atoms with Crippen LogP contribution in [0.15, 0.2) is 82.9 Å². The molecule has 0 radical (unpaired) electrons.